The zero-order chi connectivity index (χ0) is 33.6. The average Bonchev–Trinajstić information content (AvgIpc) is 3.44. The van der Waals surface area contributed by atoms with E-state index in [4.69, 9.17) is 0 Å². The average molecular weight is 671 g/mol. The van der Waals surface area contributed by atoms with Gasteiger partial charge in [0, 0.05) is 12.1 Å². The van der Waals surface area contributed by atoms with E-state index >= 15 is 0 Å². The highest BCUT2D eigenvalue weighted by molar-refractivity contribution is 8.15. The van der Waals surface area contributed by atoms with Gasteiger partial charge in [0.2, 0.25) is 5.91 Å². The highest BCUT2D eigenvalue weighted by atomic mass is 32.2. The molecule has 7 rings (SSSR count). The molecule has 2 amide bonds. The lowest BCUT2D eigenvalue weighted by Gasteiger charge is -2.42. The lowest BCUT2D eigenvalue weighted by atomic mass is 9.75. The first-order chi connectivity index (χ1) is 24.1. The van der Waals surface area contributed by atoms with E-state index in [1.54, 1.807) is 4.90 Å². The number of nitrogens with zero attached hydrogens (tertiary/aromatic N) is 1. The molecule has 4 aromatic carbocycles. The van der Waals surface area contributed by atoms with E-state index in [0.29, 0.717) is 24.4 Å². The fraction of sp³-hybridized carbons (Fsp3) is 0.409. The number of benzene rings is 4. The second-order valence-corrected chi connectivity index (χ2v) is 15.7. The van der Waals surface area contributed by atoms with Gasteiger partial charge in [0.15, 0.2) is 0 Å². The van der Waals surface area contributed by atoms with E-state index < -0.39 is 10.8 Å². The molecule has 1 N–H and O–H groups in total. The van der Waals surface area contributed by atoms with Crippen LogP contribution in [0.15, 0.2) is 115 Å². The summed E-state index contributed by atoms with van der Waals surface area (Å²) in [7, 11) is 0. The first-order valence-electron chi connectivity index (χ1n) is 18.6. The Labute approximate surface area is 297 Å². The number of hydrogen-bond acceptors (Lipinski definition) is 4. The van der Waals surface area contributed by atoms with Crippen molar-refractivity contribution in [2.75, 3.05) is 0 Å². The molecule has 3 atom stereocenters. The summed E-state index contributed by atoms with van der Waals surface area (Å²) >= 11 is 1.18. The molecule has 49 heavy (non-hydrogen) atoms. The van der Waals surface area contributed by atoms with Crippen LogP contribution >= 0.6 is 11.8 Å². The molecule has 1 saturated heterocycles. The number of carbonyl (C=O) groups is 2. The van der Waals surface area contributed by atoms with Gasteiger partial charge in [0.1, 0.15) is 5.54 Å². The van der Waals surface area contributed by atoms with E-state index in [-0.39, 0.29) is 11.1 Å². The molecule has 0 aromatic heterocycles. The first-order valence-corrected chi connectivity index (χ1v) is 19.5. The normalized spacial score (nSPS) is 20.8. The summed E-state index contributed by atoms with van der Waals surface area (Å²) in [6, 6.07) is 39.8. The molecule has 3 fully saturated rings. The number of amides is 2. The smallest absolute Gasteiger partial charge is 0.290 e. The molecule has 254 valence electrons. The van der Waals surface area contributed by atoms with E-state index in [1.165, 1.54) is 81.5 Å². The third kappa shape index (κ3) is 7.03. The Kier molecular flexibility index (Phi) is 10.7. The topological polar surface area (TPSA) is 49.4 Å². The highest BCUT2D eigenvalue weighted by Crippen LogP contribution is 2.48. The van der Waals surface area contributed by atoms with Crippen molar-refractivity contribution in [2.45, 2.75) is 100 Å². The van der Waals surface area contributed by atoms with Crippen molar-refractivity contribution in [2.24, 2.45) is 11.8 Å². The lowest BCUT2D eigenvalue weighted by molar-refractivity contribution is -0.129. The fourth-order valence-corrected chi connectivity index (χ4v) is 10.0. The van der Waals surface area contributed by atoms with Gasteiger partial charge in [0.05, 0.1) is 5.25 Å². The van der Waals surface area contributed by atoms with Crippen LogP contribution < -0.4 is 5.32 Å². The first kappa shape index (κ1) is 33.8. The molecule has 2 unspecified atom stereocenters. The molecular weight excluding hydrogens is 621 g/mol. The summed E-state index contributed by atoms with van der Waals surface area (Å²) in [5, 5.41) is 3.45. The van der Waals surface area contributed by atoms with Gasteiger partial charge in [-0.3, -0.25) is 14.5 Å². The summed E-state index contributed by atoms with van der Waals surface area (Å²) in [6.45, 7) is 2.40. The van der Waals surface area contributed by atoms with Crippen LogP contribution in [-0.4, -0.2) is 27.3 Å². The molecule has 0 radical (unpaired) electrons. The van der Waals surface area contributed by atoms with Crippen LogP contribution in [0.25, 0.3) is 0 Å². The monoisotopic (exact) mass is 670 g/mol. The molecule has 5 heteroatoms. The lowest BCUT2D eigenvalue weighted by Crippen LogP contribution is -2.51. The number of thioether (sulfide) groups is 1. The Hall–Kier alpha value is -3.67. The largest absolute Gasteiger partial charge is 0.307 e. The van der Waals surface area contributed by atoms with Crippen molar-refractivity contribution in [1.29, 1.82) is 0 Å². The van der Waals surface area contributed by atoms with Gasteiger partial charge < -0.3 is 5.32 Å². The fourth-order valence-electron chi connectivity index (χ4n) is 8.97. The third-order valence-corrected chi connectivity index (χ3v) is 12.5. The van der Waals surface area contributed by atoms with Crippen LogP contribution in [0.1, 0.15) is 105 Å². The van der Waals surface area contributed by atoms with Crippen molar-refractivity contribution in [3.63, 3.8) is 0 Å². The minimum absolute atomic E-state index is 0.134. The van der Waals surface area contributed by atoms with Crippen LogP contribution in [0.2, 0.25) is 0 Å². The molecular formula is C44H50N2O2S. The van der Waals surface area contributed by atoms with Crippen LogP contribution in [0.4, 0.5) is 4.79 Å². The number of nitrogens with one attached hydrogen (secondary N) is 1. The molecule has 4 aromatic rings. The van der Waals surface area contributed by atoms with E-state index in [0.717, 1.165) is 28.2 Å². The zero-order valence-corrected chi connectivity index (χ0v) is 29.6. The van der Waals surface area contributed by atoms with Crippen molar-refractivity contribution >= 4 is 22.9 Å². The van der Waals surface area contributed by atoms with Gasteiger partial charge in [0.25, 0.3) is 5.24 Å². The number of imide groups is 1. The van der Waals surface area contributed by atoms with Gasteiger partial charge in [-0.1, -0.05) is 166 Å². The predicted molar refractivity (Wildman–Crippen MR) is 201 cm³/mol. The molecule has 1 heterocycles. The van der Waals surface area contributed by atoms with Gasteiger partial charge in [-0.25, -0.2) is 0 Å². The van der Waals surface area contributed by atoms with Crippen molar-refractivity contribution < 1.29 is 9.59 Å². The Morgan fingerprint density at radius 3 is 1.71 bits per heavy atom. The van der Waals surface area contributed by atoms with E-state index in [9.17, 15) is 9.59 Å². The highest BCUT2D eigenvalue weighted by Gasteiger charge is 2.54. The molecule has 0 spiro atoms. The van der Waals surface area contributed by atoms with Crippen LogP contribution in [0, 0.1) is 11.8 Å². The van der Waals surface area contributed by atoms with E-state index in [2.05, 4.69) is 36.5 Å². The summed E-state index contributed by atoms with van der Waals surface area (Å²) in [4.78, 5) is 30.6. The van der Waals surface area contributed by atoms with E-state index in [1.807, 2.05) is 91.0 Å². The zero-order valence-electron chi connectivity index (χ0n) is 28.8. The van der Waals surface area contributed by atoms with Crippen LogP contribution in [0.3, 0.4) is 0 Å². The summed E-state index contributed by atoms with van der Waals surface area (Å²) < 4.78 is 0. The van der Waals surface area contributed by atoms with Crippen molar-refractivity contribution in [1.82, 2.24) is 10.2 Å². The van der Waals surface area contributed by atoms with Crippen molar-refractivity contribution in [3.05, 3.63) is 143 Å². The molecule has 2 aliphatic carbocycles. The standard InChI is InChI=1S/C44H50N2O2S/c1-32(34-19-7-2-8-20-34)45-41(35-21-9-3-10-22-35)36-23-17-18-33(30-36)31-40-42(47)46(43(48)49-40)44(37-24-11-4-12-25-37,38-26-13-5-14-27-38)39-28-15-6-16-29-39/h4-6,11-18,23-30,32,34-35,40-41,45H,2-3,7-10,19-22,31H2,1H3/t32-,40?,41?/m1/s1. The molecule has 2 saturated carbocycles. The predicted octanol–water partition coefficient (Wildman–Crippen LogP) is 10.5. The van der Waals surface area contributed by atoms with Crippen molar-refractivity contribution in [3.8, 4) is 0 Å². The molecule has 3 aliphatic rings. The van der Waals surface area contributed by atoms with Gasteiger partial charge in [-0.2, -0.15) is 0 Å². The second kappa shape index (κ2) is 15.5. The number of rotatable bonds is 11. The minimum Gasteiger partial charge on any atom is -0.307 e. The third-order valence-electron chi connectivity index (χ3n) is 11.5. The SMILES string of the molecule is C[C@@H](NC(c1cccc(CC2SC(=O)N(C(c3ccccc3)(c3ccccc3)c3ccccc3)C2=O)c1)C1CCCCC1)C1CCCCC1. The van der Waals surface area contributed by atoms with Gasteiger partial charge in [-0.15, -0.1) is 0 Å². The molecule has 4 nitrogen and oxygen atoms in total. The Morgan fingerprint density at radius 2 is 1.18 bits per heavy atom. The molecule has 0 bridgehead atoms. The maximum absolute atomic E-state index is 14.7. The van der Waals surface area contributed by atoms with Gasteiger partial charge >= 0.3 is 0 Å². The summed E-state index contributed by atoms with van der Waals surface area (Å²) in [6.07, 6.45) is 13.7. The number of carbonyl (C=O) groups excluding carboxylic acids is 2. The van der Waals surface area contributed by atoms with Gasteiger partial charge in [-0.05, 0) is 78.7 Å². The Morgan fingerprint density at radius 1 is 0.673 bits per heavy atom. The maximum Gasteiger partial charge on any atom is 0.290 e. The Bertz CT molecular complexity index is 1590. The number of hydrogen-bond donors (Lipinski definition) is 1. The summed E-state index contributed by atoms with van der Waals surface area (Å²) in [5.74, 6) is 1.23. The second-order valence-electron chi connectivity index (χ2n) is 14.5. The van der Waals surface area contributed by atoms with Crippen LogP contribution in [-0.2, 0) is 16.8 Å². The summed E-state index contributed by atoms with van der Waals surface area (Å²) in [5.41, 5.74) is 4.04. The quantitative estimate of drug-likeness (QED) is 0.161. The maximum atomic E-state index is 14.7. The minimum atomic E-state index is -1.09. The molecule has 1 aliphatic heterocycles. The van der Waals surface area contributed by atoms with Crippen LogP contribution in [0.5, 0.6) is 0 Å². The Balaban J connectivity index is 1.20.